The molecule has 0 unspecified atom stereocenters. The highest BCUT2D eigenvalue weighted by molar-refractivity contribution is 7.88. The van der Waals surface area contributed by atoms with Crippen molar-refractivity contribution in [1.82, 2.24) is 29.8 Å². The van der Waals surface area contributed by atoms with Crippen LogP contribution in [0.2, 0.25) is 10.0 Å². The van der Waals surface area contributed by atoms with Gasteiger partial charge in [-0.15, -0.1) is 10.2 Å². The van der Waals surface area contributed by atoms with Crippen molar-refractivity contribution in [2.75, 3.05) is 50.4 Å². The lowest BCUT2D eigenvalue weighted by Gasteiger charge is -2.35. The van der Waals surface area contributed by atoms with Crippen molar-refractivity contribution >= 4 is 44.8 Å². The van der Waals surface area contributed by atoms with Crippen LogP contribution in [0.3, 0.4) is 0 Å². The Morgan fingerprint density at radius 1 is 1.00 bits per heavy atom. The molecule has 13 heteroatoms. The number of benzene rings is 2. The Balaban J connectivity index is 1.12. The predicted molar refractivity (Wildman–Crippen MR) is 165 cm³/mol. The van der Waals surface area contributed by atoms with Crippen molar-refractivity contribution in [2.24, 2.45) is 11.8 Å². The minimum atomic E-state index is -3.25. The van der Waals surface area contributed by atoms with E-state index in [1.54, 1.807) is 12.1 Å². The minimum absolute atomic E-state index is 0.0191. The van der Waals surface area contributed by atoms with E-state index in [0.717, 1.165) is 56.6 Å². The average Bonchev–Trinajstić information content (AvgIpc) is 3.53. The molecule has 0 radical (unpaired) electrons. The Morgan fingerprint density at radius 2 is 1.71 bits per heavy atom. The number of carbonyl (C=O) groups is 1. The molecule has 2 aromatic carbocycles. The number of H-pyrrole nitrogens is 1. The summed E-state index contributed by atoms with van der Waals surface area (Å²) in [4.78, 5) is 18.0. The minimum Gasteiger partial charge on any atom is -0.312 e. The van der Waals surface area contributed by atoms with Crippen LogP contribution in [0.15, 0.2) is 42.5 Å². The summed E-state index contributed by atoms with van der Waals surface area (Å²) in [6.45, 7) is 4.27. The number of aromatic amines is 1. The van der Waals surface area contributed by atoms with Gasteiger partial charge < -0.3 is 9.80 Å². The van der Waals surface area contributed by atoms with Crippen molar-refractivity contribution in [1.29, 1.82) is 0 Å². The number of anilines is 1. The third-order valence-corrected chi connectivity index (χ3v) is 10.4. The lowest BCUT2D eigenvalue weighted by Crippen LogP contribution is -2.45. The van der Waals surface area contributed by atoms with E-state index in [1.807, 2.05) is 23.1 Å². The van der Waals surface area contributed by atoms with E-state index in [9.17, 15) is 13.2 Å². The van der Waals surface area contributed by atoms with Crippen molar-refractivity contribution in [3.8, 4) is 11.4 Å². The number of sulfonamides is 1. The van der Waals surface area contributed by atoms with Crippen LogP contribution in [-0.4, -0.2) is 89.7 Å². The third kappa shape index (κ3) is 7.87. The number of hydrogen-bond acceptors (Lipinski definition) is 7. The summed E-state index contributed by atoms with van der Waals surface area (Å²) >= 11 is 12.5. The topological polar surface area (TPSA) is 115 Å². The molecule has 2 fully saturated rings. The highest BCUT2D eigenvalue weighted by Crippen LogP contribution is 2.30. The molecule has 3 aromatic rings. The largest absolute Gasteiger partial charge is 0.312 e. The van der Waals surface area contributed by atoms with E-state index >= 15 is 0 Å². The summed E-state index contributed by atoms with van der Waals surface area (Å²) in [6.07, 6.45) is 6.40. The second-order valence-corrected chi connectivity index (χ2v) is 14.1. The Bertz CT molecular complexity index is 1440. The fraction of sp³-hybridized carbons (Fsp3) is 0.517. The summed E-state index contributed by atoms with van der Waals surface area (Å²) in [5.41, 5.74) is 3.00. The molecule has 1 amide bonds. The van der Waals surface area contributed by atoms with Gasteiger partial charge in [0.05, 0.1) is 16.3 Å². The summed E-state index contributed by atoms with van der Waals surface area (Å²) in [5, 5.41) is 15.0. The predicted octanol–water partition coefficient (Wildman–Crippen LogP) is 4.52. The third-order valence-electron chi connectivity index (χ3n) is 8.40. The molecule has 2 saturated heterocycles. The van der Waals surface area contributed by atoms with E-state index < -0.39 is 10.0 Å². The molecule has 0 saturated carbocycles. The number of nitrogens with one attached hydrogen (secondary N) is 1. The van der Waals surface area contributed by atoms with Gasteiger partial charge in [0.25, 0.3) is 0 Å². The van der Waals surface area contributed by atoms with Gasteiger partial charge in [-0.05, 0) is 93.1 Å². The number of hydrogen-bond donors (Lipinski definition) is 1. The first kappa shape index (κ1) is 30.9. The van der Waals surface area contributed by atoms with Crippen molar-refractivity contribution in [3.63, 3.8) is 0 Å². The average molecular weight is 635 g/mol. The SMILES string of the molecule is CS(=O)(=O)N1CCC(C(=O)N(CCCN2CCC(Cc3ccc(-c4nn[nH]n4)cc3)CC2)c2ccc(Cl)c(Cl)c2)CC1. The lowest BCUT2D eigenvalue weighted by molar-refractivity contribution is -0.123. The number of rotatable bonds is 10. The highest BCUT2D eigenvalue weighted by atomic mass is 35.5. The Kier molecular flexibility index (Phi) is 10.2. The fourth-order valence-electron chi connectivity index (χ4n) is 5.95. The standard InChI is InChI=1S/C29H37Cl2N7O3S/c1-42(40,41)37-17-11-24(12-18-37)29(39)38(25-7-8-26(30)27(31)20-25)14-2-13-36-15-9-22(10-16-36)19-21-3-5-23(6-4-21)28-32-34-35-33-28/h3-8,20,22,24H,2,9-19H2,1H3,(H,32,33,34,35). The number of halogens is 2. The summed E-state index contributed by atoms with van der Waals surface area (Å²) in [7, 11) is -3.25. The van der Waals surface area contributed by atoms with Crippen molar-refractivity contribution in [3.05, 3.63) is 58.1 Å². The fourth-order valence-corrected chi connectivity index (χ4v) is 7.11. The van der Waals surface area contributed by atoms with Gasteiger partial charge in [-0.1, -0.05) is 47.5 Å². The molecule has 2 aliphatic rings. The molecule has 1 N–H and O–H groups in total. The molecule has 10 nitrogen and oxygen atoms in total. The van der Waals surface area contributed by atoms with Crippen LogP contribution < -0.4 is 4.90 Å². The first-order chi connectivity index (χ1) is 20.2. The quantitative estimate of drug-likeness (QED) is 0.349. The van der Waals surface area contributed by atoms with Crippen molar-refractivity contribution < 1.29 is 13.2 Å². The Morgan fingerprint density at radius 3 is 2.33 bits per heavy atom. The molecule has 0 spiro atoms. The van der Waals surface area contributed by atoms with Crippen LogP contribution in [-0.2, 0) is 21.2 Å². The number of amides is 1. The molecule has 5 rings (SSSR count). The zero-order valence-corrected chi connectivity index (χ0v) is 26.1. The molecule has 0 aliphatic carbocycles. The number of aromatic nitrogens is 4. The smallest absolute Gasteiger partial charge is 0.230 e. The second kappa shape index (κ2) is 13.8. The number of likely N-dealkylation sites (tertiary alicyclic amines) is 1. The van der Waals surface area contributed by atoms with Crippen LogP contribution in [0, 0.1) is 11.8 Å². The summed E-state index contributed by atoms with van der Waals surface area (Å²) < 4.78 is 25.3. The highest BCUT2D eigenvalue weighted by Gasteiger charge is 2.32. The van der Waals surface area contributed by atoms with Gasteiger partial charge in [0.1, 0.15) is 0 Å². The Hall–Kier alpha value is -2.57. The van der Waals surface area contributed by atoms with Crippen LogP contribution >= 0.6 is 23.2 Å². The van der Waals surface area contributed by atoms with Crippen molar-refractivity contribution in [2.45, 2.75) is 38.5 Å². The second-order valence-electron chi connectivity index (χ2n) is 11.3. The van der Waals surface area contributed by atoms with Gasteiger partial charge in [0.2, 0.25) is 21.8 Å². The Labute approximate surface area is 257 Å². The number of tetrazole rings is 1. The van der Waals surface area contributed by atoms with Gasteiger partial charge in [-0.3, -0.25) is 4.79 Å². The molecule has 0 bridgehead atoms. The summed E-state index contributed by atoms with van der Waals surface area (Å²) in [5.74, 6) is 1.04. The van der Waals surface area contributed by atoms with E-state index in [1.165, 1.54) is 16.1 Å². The van der Waals surface area contributed by atoms with Crippen LogP contribution in [0.1, 0.15) is 37.7 Å². The van der Waals surface area contributed by atoms with Gasteiger partial charge in [0, 0.05) is 36.8 Å². The van der Waals surface area contributed by atoms with Crippen LogP contribution in [0.25, 0.3) is 11.4 Å². The molecular formula is C29H37Cl2N7O3S. The monoisotopic (exact) mass is 633 g/mol. The van der Waals surface area contributed by atoms with Crippen LogP contribution in [0.4, 0.5) is 5.69 Å². The van der Waals surface area contributed by atoms with E-state index in [0.29, 0.717) is 54.3 Å². The molecule has 2 aliphatic heterocycles. The molecular weight excluding hydrogens is 597 g/mol. The number of carbonyl (C=O) groups excluding carboxylic acids is 1. The van der Waals surface area contributed by atoms with Gasteiger partial charge in [-0.25, -0.2) is 12.7 Å². The maximum Gasteiger partial charge on any atom is 0.230 e. The van der Waals surface area contributed by atoms with E-state index in [4.69, 9.17) is 23.2 Å². The molecule has 1 aromatic heterocycles. The maximum atomic E-state index is 13.7. The molecule has 226 valence electrons. The zero-order chi connectivity index (χ0) is 29.7. The van der Waals surface area contributed by atoms with Gasteiger partial charge in [0.15, 0.2) is 0 Å². The first-order valence-corrected chi connectivity index (χ1v) is 17.0. The molecule has 42 heavy (non-hydrogen) atoms. The number of piperidine rings is 2. The van der Waals surface area contributed by atoms with E-state index in [2.05, 4.69) is 37.7 Å². The maximum absolute atomic E-state index is 13.7. The zero-order valence-electron chi connectivity index (χ0n) is 23.8. The molecule has 3 heterocycles. The van der Waals surface area contributed by atoms with Gasteiger partial charge in [-0.2, -0.15) is 5.21 Å². The summed E-state index contributed by atoms with van der Waals surface area (Å²) in [6, 6.07) is 13.7. The van der Waals surface area contributed by atoms with Crippen LogP contribution in [0.5, 0.6) is 0 Å². The molecule has 0 atom stereocenters. The lowest BCUT2D eigenvalue weighted by atomic mass is 9.90. The number of nitrogens with zero attached hydrogens (tertiary/aromatic N) is 6. The first-order valence-electron chi connectivity index (χ1n) is 14.4. The van der Waals surface area contributed by atoms with Gasteiger partial charge >= 0.3 is 0 Å². The normalized spacial score (nSPS) is 17.9. The van der Waals surface area contributed by atoms with E-state index in [-0.39, 0.29) is 11.8 Å².